The maximum atomic E-state index is 10.7. The molecule has 0 saturated carbocycles. The molecule has 0 fully saturated rings. The summed E-state index contributed by atoms with van der Waals surface area (Å²) < 4.78 is 0. The fourth-order valence-corrected chi connectivity index (χ4v) is 2.06. The van der Waals surface area contributed by atoms with Gasteiger partial charge < -0.3 is 5.11 Å². The summed E-state index contributed by atoms with van der Waals surface area (Å²) >= 11 is 0. The van der Waals surface area contributed by atoms with E-state index in [1.807, 2.05) is 0 Å². The summed E-state index contributed by atoms with van der Waals surface area (Å²) in [6.45, 7) is 8.63. The summed E-state index contributed by atoms with van der Waals surface area (Å²) in [5.41, 5.74) is 2.50. The van der Waals surface area contributed by atoms with Crippen LogP contribution in [-0.4, -0.2) is 11.1 Å². The minimum absolute atomic E-state index is 0.0770. The molecule has 18 heavy (non-hydrogen) atoms. The van der Waals surface area contributed by atoms with E-state index in [-0.39, 0.29) is 11.8 Å². The van der Waals surface area contributed by atoms with Gasteiger partial charge in [0.2, 0.25) is 0 Å². The van der Waals surface area contributed by atoms with Crippen molar-refractivity contribution in [3.05, 3.63) is 35.4 Å². The van der Waals surface area contributed by atoms with Crippen LogP contribution in [0.3, 0.4) is 0 Å². The predicted molar refractivity (Wildman–Crippen MR) is 75.0 cm³/mol. The Bertz CT molecular complexity index is 390. The van der Waals surface area contributed by atoms with Crippen molar-refractivity contribution in [1.82, 2.24) is 0 Å². The Kier molecular flexibility index (Phi) is 4.94. The largest absolute Gasteiger partial charge is 0.481 e. The van der Waals surface area contributed by atoms with Crippen molar-refractivity contribution in [1.29, 1.82) is 0 Å². The lowest BCUT2D eigenvalue weighted by Crippen LogP contribution is -2.18. The third-order valence-electron chi connectivity index (χ3n) is 3.84. The summed E-state index contributed by atoms with van der Waals surface area (Å²) in [6, 6.07) is 8.63. The van der Waals surface area contributed by atoms with E-state index in [1.165, 1.54) is 11.1 Å². The predicted octanol–water partition coefficient (Wildman–Crippen LogP) is 4.34. The lowest BCUT2D eigenvalue weighted by atomic mass is 9.80. The zero-order valence-electron chi connectivity index (χ0n) is 11.9. The first-order valence-corrected chi connectivity index (χ1v) is 6.69. The Morgan fingerprint density at radius 2 is 1.83 bits per heavy atom. The third kappa shape index (κ3) is 3.86. The number of rotatable bonds is 6. The van der Waals surface area contributed by atoms with Gasteiger partial charge in [-0.2, -0.15) is 0 Å². The molecule has 2 nitrogen and oxygen atoms in total. The molecule has 0 aliphatic rings. The summed E-state index contributed by atoms with van der Waals surface area (Å²) in [4.78, 5) is 10.7. The highest BCUT2D eigenvalue weighted by molar-refractivity contribution is 5.66. The second-order valence-electron chi connectivity index (χ2n) is 5.71. The summed E-state index contributed by atoms with van der Waals surface area (Å²) in [6.07, 6.45) is 2.03. The van der Waals surface area contributed by atoms with Gasteiger partial charge in [0.15, 0.2) is 0 Å². The minimum Gasteiger partial charge on any atom is -0.481 e. The molecule has 0 spiro atoms. The molecule has 100 valence electrons. The Morgan fingerprint density at radius 1 is 1.28 bits per heavy atom. The Balaban J connectivity index is 2.80. The van der Waals surface area contributed by atoms with Gasteiger partial charge in [0, 0.05) is 6.42 Å². The number of aliphatic carboxylic acids is 1. The molecule has 0 bridgehead atoms. The van der Waals surface area contributed by atoms with Crippen LogP contribution < -0.4 is 0 Å². The van der Waals surface area contributed by atoms with E-state index in [0.717, 1.165) is 6.42 Å². The number of hydrogen-bond donors (Lipinski definition) is 1. The number of carboxylic acids is 1. The summed E-state index contributed by atoms with van der Waals surface area (Å²) in [5.74, 6) is -0.138. The first-order chi connectivity index (χ1) is 8.36. The zero-order chi connectivity index (χ0) is 13.8. The number of carbonyl (C=O) groups is 1. The van der Waals surface area contributed by atoms with Crippen LogP contribution in [0.1, 0.15) is 64.0 Å². The van der Waals surface area contributed by atoms with Crippen LogP contribution >= 0.6 is 0 Å². The van der Waals surface area contributed by atoms with Crippen LogP contribution in [0.4, 0.5) is 0 Å². The standard InChI is InChI=1S/C16H24O2/c1-5-12(2)13-6-8-14(9-7-13)16(3,4)11-10-15(17)18/h6-9,12H,5,10-11H2,1-4H3,(H,17,18). The highest BCUT2D eigenvalue weighted by Crippen LogP contribution is 2.30. The smallest absolute Gasteiger partial charge is 0.303 e. The van der Waals surface area contributed by atoms with E-state index in [9.17, 15) is 4.79 Å². The van der Waals surface area contributed by atoms with E-state index in [0.29, 0.717) is 12.3 Å². The van der Waals surface area contributed by atoms with Gasteiger partial charge in [-0.3, -0.25) is 4.79 Å². The van der Waals surface area contributed by atoms with Gasteiger partial charge in [-0.1, -0.05) is 52.0 Å². The average Bonchev–Trinajstić information content (AvgIpc) is 2.36. The highest BCUT2D eigenvalue weighted by Gasteiger charge is 2.21. The van der Waals surface area contributed by atoms with Crippen LogP contribution in [0, 0.1) is 0 Å². The molecule has 0 amide bonds. The number of carboxylic acid groups (broad SMARTS) is 1. The van der Waals surface area contributed by atoms with Crippen molar-refractivity contribution in [2.45, 2.75) is 58.3 Å². The molecule has 1 rings (SSSR count). The average molecular weight is 248 g/mol. The Labute approximate surface area is 110 Å². The fraction of sp³-hybridized carbons (Fsp3) is 0.562. The molecular formula is C16H24O2. The number of hydrogen-bond acceptors (Lipinski definition) is 1. The molecule has 0 aromatic heterocycles. The van der Waals surface area contributed by atoms with E-state index in [4.69, 9.17) is 5.11 Å². The molecular weight excluding hydrogens is 224 g/mol. The molecule has 1 N–H and O–H groups in total. The molecule has 1 unspecified atom stereocenters. The van der Waals surface area contributed by atoms with Crippen LogP contribution in [0.2, 0.25) is 0 Å². The van der Waals surface area contributed by atoms with Gasteiger partial charge in [-0.25, -0.2) is 0 Å². The summed E-state index contributed by atoms with van der Waals surface area (Å²) in [5, 5.41) is 8.77. The first-order valence-electron chi connectivity index (χ1n) is 6.69. The molecule has 1 atom stereocenters. The molecule has 2 heteroatoms. The van der Waals surface area contributed by atoms with Gasteiger partial charge in [0.1, 0.15) is 0 Å². The van der Waals surface area contributed by atoms with Gasteiger partial charge in [-0.05, 0) is 35.3 Å². The van der Waals surface area contributed by atoms with Crippen molar-refractivity contribution in [3.8, 4) is 0 Å². The van der Waals surface area contributed by atoms with Crippen molar-refractivity contribution < 1.29 is 9.90 Å². The molecule has 0 heterocycles. The van der Waals surface area contributed by atoms with Gasteiger partial charge >= 0.3 is 5.97 Å². The second kappa shape index (κ2) is 6.03. The van der Waals surface area contributed by atoms with Crippen LogP contribution in [0.15, 0.2) is 24.3 Å². The Hall–Kier alpha value is -1.31. The van der Waals surface area contributed by atoms with Crippen molar-refractivity contribution in [2.24, 2.45) is 0 Å². The SMILES string of the molecule is CCC(C)c1ccc(C(C)(C)CCC(=O)O)cc1. The first kappa shape index (κ1) is 14.7. The van der Waals surface area contributed by atoms with Crippen molar-refractivity contribution in [2.75, 3.05) is 0 Å². The quantitative estimate of drug-likeness (QED) is 0.813. The lowest BCUT2D eigenvalue weighted by Gasteiger charge is -2.25. The lowest BCUT2D eigenvalue weighted by molar-refractivity contribution is -0.137. The second-order valence-corrected chi connectivity index (χ2v) is 5.71. The topological polar surface area (TPSA) is 37.3 Å². The van der Waals surface area contributed by atoms with E-state index >= 15 is 0 Å². The highest BCUT2D eigenvalue weighted by atomic mass is 16.4. The zero-order valence-corrected chi connectivity index (χ0v) is 11.9. The summed E-state index contributed by atoms with van der Waals surface area (Å²) in [7, 11) is 0. The van der Waals surface area contributed by atoms with Gasteiger partial charge in [0.05, 0.1) is 0 Å². The van der Waals surface area contributed by atoms with Gasteiger partial charge in [-0.15, -0.1) is 0 Å². The minimum atomic E-state index is -0.723. The van der Waals surface area contributed by atoms with Crippen molar-refractivity contribution >= 4 is 5.97 Å². The molecule has 0 radical (unpaired) electrons. The third-order valence-corrected chi connectivity index (χ3v) is 3.84. The Morgan fingerprint density at radius 3 is 2.28 bits per heavy atom. The fourth-order valence-electron chi connectivity index (χ4n) is 2.06. The maximum absolute atomic E-state index is 10.7. The monoisotopic (exact) mass is 248 g/mol. The normalized spacial score (nSPS) is 13.3. The number of benzene rings is 1. The van der Waals surface area contributed by atoms with E-state index in [1.54, 1.807) is 0 Å². The van der Waals surface area contributed by atoms with Gasteiger partial charge in [0.25, 0.3) is 0 Å². The van der Waals surface area contributed by atoms with E-state index in [2.05, 4.69) is 52.0 Å². The van der Waals surface area contributed by atoms with Crippen LogP contribution in [-0.2, 0) is 10.2 Å². The molecule has 1 aromatic rings. The van der Waals surface area contributed by atoms with Crippen LogP contribution in [0.5, 0.6) is 0 Å². The van der Waals surface area contributed by atoms with Crippen LogP contribution in [0.25, 0.3) is 0 Å². The molecule has 0 aliphatic carbocycles. The molecule has 0 aliphatic heterocycles. The maximum Gasteiger partial charge on any atom is 0.303 e. The van der Waals surface area contributed by atoms with Crippen molar-refractivity contribution in [3.63, 3.8) is 0 Å². The molecule has 1 aromatic carbocycles. The van der Waals surface area contributed by atoms with E-state index < -0.39 is 5.97 Å². The molecule has 0 saturated heterocycles.